The average Bonchev–Trinajstić information content (AvgIpc) is 1.85. The molecule has 0 rings (SSSR count). The van der Waals surface area contributed by atoms with Crippen molar-refractivity contribution < 1.29 is 4.79 Å². The predicted molar refractivity (Wildman–Crippen MR) is 55.8 cm³/mol. The molecule has 0 aromatic rings. The highest BCUT2D eigenvalue weighted by Crippen LogP contribution is 2.13. The van der Waals surface area contributed by atoms with E-state index in [9.17, 15) is 4.79 Å². The number of rotatable bonds is 3. The number of carbonyl (C=O) groups excluding carboxylic acids is 1. The smallest absolute Gasteiger partial charge is 0.152 e. The van der Waals surface area contributed by atoms with Crippen molar-refractivity contribution in [2.45, 2.75) is 26.6 Å². The fraction of sp³-hybridized carbons (Fsp3) is 0.400. The minimum atomic E-state index is -1.35. The van der Waals surface area contributed by atoms with Crippen LogP contribution in [0.15, 0.2) is 29.7 Å². The standard InChI is InChI=1S/C10H16OSi/c1-6-10(12(3,4)5)8-7-9(2)11/h7-8H,1H2,2-5H3/b8-7+. The highest BCUT2D eigenvalue weighted by Gasteiger charge is 2.16. The van der Waals surface area contributed by atoms with Crippen molar-refractivity contribution >= 4 is 13.9 Å². The van der Waals surface area contributed by atoms with Gasteiger partial charge in [0.1, 0.15) is 0 Å². The molecule has 0 spiro atoms. The first-order valence-electron chi connectivity index (χ1n) is 3.97. The molecule has 0 fully saturated rings. The Balaban J connectivity index is 4.65. The third-order valence-electron chi connectivity index (χ3n) is 1.48. The lowest BCUT2D eigenvalue weighted by Gasteiger charge is -2.14. The van der Waals surface area contributed by atoms with Gasteiger partial charge in [-0.25, -0.2) is 0 Å². The summed E-state index contributed by atoms with van der Waals surface area (Å²) in [4.78, 5) is 10.7. The summed E-state index contributed by atoms with van der Waals surface area (Å²) < 4.78 is 0. The van der Waals surface area contributed by atoms with Crippen LogP contribution in [0.3, 0.4) is 0 Å². The zero-order valence-corrected chi connectivity index (χ0v) is 9.27. The third-order valence-corrected chi connectivity index (χ3v) is 3.44. The molecule has 0 bridgehead atoms. The van der Waals surface area contributed by atoms with E-state index in [0.29, 0.717) is 0 Å². The summed E-state index contributed by atoms with van der Waals surface area (Å²) in [5.74, 6) is 0.0704. The van der Waals surface area contributed by atoms with Crippen molar-refractivity contribution in [1.29, 1.82) is 0 Å². The maximum Gasteiger partial charge on any atom is 0.152 e. The number of carbonyl (C=O) groups is 1. The molecule has 0 saturated carbocycles. The van der Waals surface area contributed by atoms with Crippen LogP contribution in [0.4, 0.5) is 0 Å². The number of ketones is 1. The first kappa shape index (κ1) is 11.1. The van der Waals surface area contributed by atoms with Gasteiger partial charge in [0.25, 0.3) is 0 Å². The largest absolute Gasteiger partial charge is 0.295 e. The summed E-state index contributed by atoms with van der Waals surface area (Å²) in [5, 5.41) is 1.10. The molecule has 0 aliphatic carbocycles. The molecule has 0 atom stereocenters. The topological polar surface area (TPSA) is 17.1 Å². The van der Waals surface area contributed by atoms with E-state index in [4.69, 9.17) is 0 Å². The van der Waals surface area contributed by atoms with Gasteiger partial charge in [0, 0.05) is 0 Å². The first-order valence-corrected chi connectivity index (χ1v) is 7.47. The van der Waals surface area contributed by atoms with Gasteiger partial charge in [-0.1, -0.05) is 32.3 Å². The van der Waals surface area contributed by atoms with Crippen molar-refractivity contribution in [3.05, 3.63) is 29.7 Å². The minimum absolute atomic E-state index is 0.0704. The van der Waals surface area contributed by atoms with Gasteiger partial charge in [-0.3, -0.25) is 4.79 Å². The van der Waals surface area contributed by atoms with Gasteiger partial charge in [0.05, 0.1) is 8.07 Å². The molecule has 0 radical (unpaired) electrons. The Morgan fingerprint density at radius 1 is 1.33 bits per heavy atom. The van der Waals surface area contributed by atoms with Gasteiger partial charge in [-0.05, 0) is 18.2 Å². The second-order valence-electron chi connectivity index (χ2n) is 3.78. The van der Waals surface area contributed by atoms with E-state index in [0.717, 1.165) is 5.20 Å². The molecule has 0 aliphatic heterocycles. The third kappa shape index (κ3) is 4.11. The maximum absolute atomic E-state index is 10.7. The van der Waals surface area contributed by atoms with Crippen LogP contribution in [0.25, 0.3) is 0 Å². The molecule has 0 aromatic heterocycles. The second kappa shape index (κ2) is 4.24. The number of allylic oxidation sites excluding steroid dienone is 3. The van der Waals surface area contributed by atoms with Crippen LogP contribution in [0.2, 0.25) is 19.6 Å². The van der Waals surface area contributed by atoms with Crippen LogP contribution in [0.1, 0.15) is 6.92 Å². The normalized spacial score (nSPS) is 11.3. The van der Waals surface area contributed by atoms with Crippen molar-refractivity contribution in [2.24, 2.45) is 0 Å². The summed E-state index contributed by atoms with van der Waals surface area (Å²) in [6.45, 7) is 11.8. The van der Waals surface area contributed by atoms with Crippen LogP contribution < -0.4 is 0 Å². The molecular formula is C10H16OSi. The molecule has 0 aromatic carbocycles. The lowest BCUT2D eigenvalue weighted by atomic mass is 10.4. The Kier molecular flexibility index (Phi) is 3.94. The molecule has 12 heavy (non-hydrogen) atoms. The van der Waals surface area contributed by atoms with E-state index in [2.05, 4.69) is 32.0 Å². The van der Waals surface area contributed by atoms with Gasteiger partial charge in [0.15, 0.2) is 5.78 Å². The molecule has 0 aliphatic rings. The van der Waals surface area contributed by atoms with Crippen LogP contribution in [0.5, 0.6) is 0 Å². The van der Waals surface area contributed by atoms with Gasteiger partial charge < -0.3 is 0 Å². The maximum atomic E-state index is 10.7. The van der Waals surface area contributed by atoms with Gasteiger partial charge >= 0.3 is 0 Å². The molecule has 0 unspecified atom stereocenters. The zero-order chi connectivity index (χ0) is 9.78. The fourth-order valence-corrected chi connectivity index (χ4v) is 1.89. The van der Waals surface area contributed by atoms with Crippen LogP contribution >= 0.6 is 0 Å². The SMILES string of the molecule is C=C=C(/C=C/C(C)=O)[Si](C)(C)C. The van der Waals surface area contributed by atoms with Crippen LogP contribution in [-0.2, 0) is 4.79 Å². The van der Waals surface area contributed by atoms with E-state index in [1.54, 1.807) is 13.0 Å². The molecule has 0 heterocycles. The Morgan fingerprint density at radius 3 is 2.08 bits per heavy atom. The highest BCUT2D eigenvalue weighted by molar-refractivity contribution is 6.83. The Labute approximate surface area is 75.5 Å². The van der Waals surface area contributed by atoms with Crippen LogP contribution in [0, 0.1) is 0 Å². The van der Waals surface area contributed by atoms with E-state index < -0.39 is 8.07 Å². The molecule has 0 saturated heterocycles. The monoisotopic (exact) mass is 180 g/mol. The van der Waals surface area contributed by atoms with E-state index in [1.165, 1.54) is 0 Å². The van der Waals surface area contributed by atoms with E-state index in [-0.39, 0.29) is 5.78 Å². The highest BCUT2D eigenvalue weighted by atomic mass is 28.3. The summed E-state index contributed by atoms with van der Waals surface area (Å²) in [5.41, 5.74) is 2.89. The second-order valence-corrected chi connectivity index (χ2v) is 8.82. The molecule has 0 N–H and O–H groups in total. The van der Waals surface area contributed by atoms with Crippen molar-refractivity contribution in [3.63, 3.8) is 0 Å². The first-order chi connectivity index (χ1) is 5.38. The van der Waals surface area contributed by atoms with E-state index >= 15 is 0 Å². The summed E-state index contributed by atoms with van der Waals surface area (Å²) in [6, 6.07) is 0. The number of hydrogen-bond donors (Lipinski definition) is 0. The van der Waals surface area contributed by atoms with Crippen molar-refractivity contribution in [1.82, 2.24) is 0 Å². The Bertz CT molecular complexity index is 250. The van der Waals surface area contributed by atoms with Gasteiger partial charge in [0.2, 0.25) is 0 Å². The molecule has 1 nitrogen and oxygen atoms in total. The molecule has 2 heteroatoms. The van der Waals surface area contributed by atoms with Gasteiger partial charge in [-0.2, -0.15) is 0 Å². The predicted octanol–water partition coefficient (Wildman–Crippen LogP) is 2.72. The molecule has 66 valence electrons. The zero-order valence-electron chi connectivity index (χ0n) is 8.27. The summed E-state index contributed by atoms with van der Waals surface area (Å²) in [6.07, 6.45) is 3.41. The average molecular weight is 180 g/mol. The van der Waals surface area contributed by atoms with Crippen molar-refractivity contribution in [2.75, 3.05) is 0 Å². The lowest BCUT2D eigenvalue weighted by molar-refractivity contribution is -0.112. The quantitative estimate of drug-likeness (QED) is 0.282. The minimum Gasteiger partial charge on any atom is -0.295 e. The molecular weight excluding hydrogens is 164 g/mol. The van der Waals surface area contributed by atoms with Crippen LogP contribution in [-0.4, -0.2) is 13.9 Å². The van der Waals surface area contributed by atoms with Gasteiger partial charge in [-0.15, -0.1) is 5.73 Å². The lowest BCUT2D eigenvalue weighted by Crippen LogP contribution is -2.22. The van der Waals surface area contributed by atoms with E-state index in [1.807, 2.05) is 6.08 Å². The molecule has 0 amide bonds. The van der Waals surface area contributed by atoms with Crippen molar-refractivity contribution in [3.8, 4) is 0 Å². The number of hydrogen-bond acceptors (Lipinski definition) is 1. The summed E-state index contributed by atoms with van der Waals surface area (Å²) in [7, 11) is -1.35. The summed E-state index contributed by atoms with van der Waals surface area (Å²) >= 11 is 0. The Hall–Kier alpha value is -0.853. The Morgan fingerprint density at radius 2 is 1.83 bits per heavy atom. The fourth-order valence-electron chi connectivity index (χ4n) is 0.775.